The Kier molecular flexibility index (Phi) is 4.91. The third-order valence-electron chi connectivity index (χ3n) is 3.35. The molecule has 0 amide bonds. The Labute approximate surface area is 125 Å². The topological polar surface area (TPSA) is 32.3 Å². The van der Waals surface area contributed by atoms with Crippen LogP contribution in [-0.2, 0) is 6.42 Å². The van der Waals surface area contributed by atoms with Gasteiger partial charge in [0.05, 0.1) is 5.02 Å². The molecule has 0 bridgehead atoms. The Morgan fingerprint density at radius 1 is 1.15 bits per heavy atom. The Morgan fingerprint density at radius 2 is 1.85 bits per heavy atom. The van der Waals surface area contributed by atoms with Crippen LogP contribution < -0.4 is 5.32 Å². The van der Waals surface area contributed by atoms with Crippen molar-refractivity contribution in [2.45, 2.75) is 32.7 Å². The van der Waals surface area contributed by atoms with Crippen molar-refractivity contribution >= 4 is 17.3 Å². The summed E-state index contributed by atoms with van der Waals surface area (Å²) in [5, 5.41) is 13.2. The second kappa shape index (κ2) is 6.67. The Morgan fingerprint density at radius 3 is 2.45 bits per heavy atom. The van der Waals surface area contributed by atoms with E-state index in [1.807, 2.05) is 6.07 Å². The number of hydrogen-bond donors (Lipinski definition) is 2. The number of anilines is 1. The van der Waals surface area contributed by atoms with Crippen molar-refractivity contribution in [2.75, 3.05) is 5.32 Å². The maximum absolute atomic E-state index is 9.42. The number of phenols is 1. The fourth-order valence-electron chi connectivity index (χ4n) is 2.19. The van der Waals surface area contributed by atoms with Gasteiger partial charge in [-0.05, 0) is 42.7 Å². The van der Waals surface area contributed by atoms with Gasteiger partial charge < -0.3 is 10.4 Å². The zero-order chi connectivity index (χ0) is 14.5. The molecule has 0 radical (unpaired) electrons. The minimum absolute atomic E-state index is 0.105. The van der Waals surface area contributed by atoms with E-state index in [9.17, 15) is 5.11 Å². The molecule has 0 saturated carbocycles. The van der Waals surface area contributed by atoms with Crippen molar-refractivity contribution in [3.05, 3.63) is 58.6 Å². The molecule has 2 nitrogen and oxygen atoms in total. The van der Waals surface area contributed by atoms with E-state index in [0.29, 0.717) is 5.02 Å². The first-order valence-corrected chi connectivity index (χ1v) is 7.32. The standard InChI is InChI=1S/C17H20ClNO/c1-3-4-13-5-7-14(8-6-13)12(2)19-15-9-10-17(20)16(18)11-15/h5-12,19-20H,3-4H2,1-2H3. The van der Waals surface area contributed by atoms with Crippen LogP contribution in [0.25, 0.3) is 0 Å². The molecule has 1 unspecified atom stereocenters. The molecule has 2 aromatic rings. The number of phenolic OH excluding ortho intramolecular Hbond substituents is 1. The van der Waals surface area contributed by atoms with Gasteiger partial charge in [-0.15, -0.1) is 0 Å². The minimum Gasteiger partial charge on any atom is -0.506 e. The molecule has 20 heavy (non-hydrogen) atoms. The maximum Gasteiger partial charge on any atom is 0.134 e. The van der Waals surface area contributed by atoms with Gasteiger partial charge in [-0.25, -0.2) is 0 Å². The lowest BCUT2D eigenvalue weighted by atomic mass is 10.0. The van der Waals surface area contributed by atoms with Crippen LogP contribution in [0, 0.1) is 0 Å². The highest BCUT2D eigenvalue weighted by Gasteiger charge is 2.07. The van der Waals surface area contributed by atoms with Crippen LogP contribution in [0.2, 0.25) is 5.02 Å². The summed E-state index contributed by atoms with van der Waals surface area (Å²) in [6.45, 7) is 4.29. The largest absolute Gasteiger partial charge is 0.506 e. The molecular formula is C17H20ClNO. The normalized spacial score (nSPS) is 12.2. The molecular weight excluding hydrogens is 270 g/mol. The third-order valence-corrected chi connectivity index (χ3v) is 3.65. The fraction of sp³-hybridized carbons (Fsp3) is 0.294. The zero-order valence-electron chi connectivity index (χ0n) is 11.9. The smallest absolute Gasteiger partial charge is 0.134 e. The van der Waals surface area contributed by atoms with Crippen LogP contribution >= 0.6 is 11.6 Å². The molecule has 0 fully saturated rings. The van der Waals surface area contributed by atoms with Gasteiger partial charge in [0.15, 0.2) is 0 Å². The average molecular weight is 290 g/mol. The van der Waals surface area contributed by atoms with Gasteiger partial charge >= 0.3 is 0 Å². The molecule has 2 N–H and O–H groups in total. The fourth-order valence-corrected chi connectivity index (χ4v) is 2.37. The van der Waals surface area contributed by atoms with E-state index in [-0.39, 0.29) is 11.8 Å². The van der Waals surface area contributed by atoms with E-state index >= 15 is 0 Å². The number of aromatic hydroxyl groups is 1. The second-order valence-electron chi connectivity index (χ2n) is 5.02. The SMILES string of the molecule is CCCc1ccc(C(C)Nc2ccc(O)c(Cl)c2)cc1. The highest BCUT2D eigenvalue weighted by Crippen LogP contribution is 2.28. The molecule has 0 aliphatic carbocycles. The van der Waals surface area contributed by atoms with E-state index in [2.05, 4.69) is 43.4 Å². The molecule has 2 rings (SSSR count). The average Bonchev–Trinajstić information content (AvgIpc) is 2.44. The van der Waals surface area contributed by atoms with Gasteiger partial charge in [-0.1, -0.05) is 49.2 Å². The van der Waals surface area contributed by atoms with Crippen LogP contribution in [-0.4, -0.2) is 5.11 Å². The highest BCUT2D eigenvalue weighted by molar-refractivity contribution is 6.32. The quantitative estimate of drug-likeness (QED) is 0.744. The van der Waals surface area contributed by atoms with Crippen molar-refractivity contribution < 1.29 is 5.11 Å². The van der Waals surface area contributed by atoms with Crippen LogP contribution in [0.5, 0.6) is 5.75 Å². The summed E-state index contributed by atoms with van der Waals surface area (Å²) in [5.74, 6) is 0.105. The van der Waals surface area contributed by atoms with Gasteiger partial charge in [-0.2, -0.15) is 0 Å². The molecule has 0 aliphatic rings. The number of nitrogens with one attached hydrogen (secondary N) is 1. The summed E-state index contributed by atoms with van der Waals surface area (Å²) >= 11 is 5.91. The molecule has 106 valence electrons. The lowest BCUT2D eigenvalue weighted by Crippen LogP contribution is -2.06. The van der Waals surface area contributed by atoms with Gasteiger partial charge in [0.1, 0.15) is 5.75 Å². The summed E-state index contributed by atoms with van der Waals surface area (Å²) in [7, 11) is 0. The first-order valence-electron chi connectivity index (χ1n) is 6.94. The molecule has 1 atom stereocenters. The van der Waals surface area contributed by atoms with Crippen LogP contribution in [0.3, 0.4) is 0 Å². The molecule has 0 heterocycles. The van der Waals surface area contributed by atoms with E-state index in [1.165, 1.54) is 17.5 Å². The van der Waals surface area contributed by atoms with Crippen molar-refractivity contribution in [3.8, 4) is 5.75 Å². The van der Waals surface area contributed by atoms with Crippen LogP contribution in [0.4, 0.5) is 5.69 Å². The maximum atomic E-state index is 9.42. The van der Waals surface area contributed by atoms with Crippen molar-refractivity contribution in [1.29, 1.82) is 0 Å². The van der Waals surface area contributed by atoms with Gasteiger partial charge in [-0.3, -0.25) is 0 Å². The first-order chi connectivity index (χ1) is 9.60. The lowest BCUT2D eigenvalue weighted by molar-refractivity contribution is 0.475. The lowest BCUT2D eigenvalue weighted by Gasteiger charge is -2.16. The third kappa shape index (κ3) is 3.67. The van der Waals surface area contributed by atoms with Gasteiger partial charge in [0, 0.05) is 11.7 Å². The number of rotatable bonds is 5. The molecule has 0 aliphatic heterocycles. The van der Waals surface area contributed by atoms with Crippen molar-refractivity contribution in [3.63, 3.8) is 0 Å². The van der Waals surface area contributed by atoms with E-state index in [4.69, 9.17) is 11.6 Å². The molecule has 0 aromatic heterocycles. The van der Waals surface area contributed by atoms with Crippen molar-refractivity contribution in [1.82, 2.24) is 0 Å². The Hall–Kier alpha value is -1.67. The van der Waals surface area contributed by atoms with Crippen LogP contribution in [0.1, 0.15) is 37.4 Å². The van der Waals surface area contributed by atoms with E-state index in [0.717, 1.165) is 12.1 Å². The molecule has 2 aromatic carbocycles. The summed E-state index contributed by atoms with van der Waals surface area (Å²) in [6, 6.07) is 14.0. The van der Waals surface area contributed by atoms with Gasteiger partial charge in [0.25, 0.3) is 0 Å². The second-order valence-corrected chi connectivity index (χ2v) is 5.43. The Bertz CT molecular complexity index is 566. The number of aryl methyl sites for hydroxylation is 1. The highest BCUT2D eigenvalue weighted by atomic mass is 35.5. The summed E-state index contributed by atoms with van der Waals surface area (Å²) in [5.41, 5.74) is 3.50. The molecule has 0 saturated heterocycles. The number of hydrogen-bond acceptors (Lipinski definition) is 2. The minimum atomic E-state index is 0.105. The zero-order valence-corrected chi connectivity index (χ0v) is 12.6. The summed E-state index contributed by atoms with van der Waals surface area (Å²) < 4.78 is 0. The van der Waals surface area contributed by atoms with E-state index in [1.54, 1.807) is 12.1 Å². The molecule has 0 spiro atoms. The first kappa shape index (κ1) is 14.7. The predicted molar refractivity (Wildman–Crippen MR) is 85.6 cm³/mol. The van der Waals surface area contributed by atoms with Crippen LogP contribution in [0.15, 0.2) is 42.5 Å². The number of benzene rings is 2. The Balaban J connectivity index is 2.06. The molecule has 3 heteroatoms. The van der Waals surface area contributed by atoms with E-state index < -0.39 is 0 Å². The van der Waals surface area contributed by atoms with Crippen molar-refractivity contribution in [2.24, 2.45) is 0 Å². The number of halogens is 1. The monoisotopic (exact) mass is 289 g/mol. The van der Waals surface area contributed by atoms with Gasteiger partial charge in [0.2, 0.25) is 0 Å². The predicted octanol–water partition coefficient (Wildman–Crippen LogP) is 5.17. The summed E-state index contributed by atoms with van der Waals surface area (Å²) in [6.07, 6.45) is 2.29. The summed E-state index contributed by atoms with van der Waals surface area (Å²) in [4.78, 5) is 0.